The van der Waals surface area contributed by atoms with Crippen molar-refractivity contribution in [2.45, 2.75) is 13.0 Å². The molecule has 1 N–H and O–H groups in total. The zero-order valence-corrected chi connectivity index (χ0v) is 20.3. The van der Waals surface area contributed by atoms with Crippen LogP contribution in [0.15, 0.2) is 99.0 Å². The highest BCUT2D eigenvalue weighted by Crippen LogP contribution is 2.26. The van der Waals surface area contributed by atoms with E-state index in [4.69, 9.17) is 4.74 Å². The molecule has 160 valence electrons. The smallest absolute Gasteiger partial charge is 0.244 e. The Hall–Kier alpha value is -2.96. The minimum absolute atomic E-state index is 0.161. The summed E-state index contributed by atoms with van der Waals surface area (Å²) in [6.45, 7) is 0.476. The molecule has 0 saturated carbocycles. The van der Waals surface area contributed by atoms with Crippen LogP contribution in [0.5, 0.6) is 5.75 Å². The van der Waals surface area contributed by atoms with Gasteiger partial charge in [0.2, 0.25) is 5.91 Å². The summed E-state index contributed by atoms with van der Waals surface area (Å²) >= 11 is 6.97. The molecular formula is C26H20Br2N2O2. The summed E-state index contributed by atoms with van der Waals surface area (Å²) in [5.41, 5.74) is 5.52. The first-order valence-electron chi connectivity index (χ1n) is 10.0. The molecule has 4 aromatic rings. The van der Waals surface area contributed by atoms with Crippen LogP contribution in [0, 0.1) is 0 Å². The normalized spacial score (nSPS) is 11.1. The summed E-state index contributed by atoms with van der Waals surface area (Å²) in [5, 5.41) is 6.30. The maximum absolute atomic E-state index is 12.4. The maximum Gasteiger partial charge on any atom is 0.244 e. The Morgan fingerprint density at radius 2 is 1.72 bits per heavy atom. The van der Waals surface area contributed by atoms with E-state index in [9.17, 15) is 4.79 Å². The molecule has 4 aromatic carbocycles. The molecule has 0 heterocycles. The van der Waals surface area contributed by atoms with E-state index < -0.39 is 0 Å². The second-order valence-corrected chi connectivity index (χ2v) is 8.98. The highest BCUT2D eigenvalue weighted by atomic mass is 79.9. The highest BCUT2D eigenvalue weighted by Gasteiger charge is 2.06. The molecule has 0 bridgehead atoms. The van der Waals surface area contributed by atoms with Crippen LogP contribution < -0.4 is 10.2 Å². The first kappa shape index (κ1) is 22.2. The van der Waals surface area contributed by atoms with Gasteiger partial charge < -0.3 is 4.74 Å². The number of carbonyl (C=O) groups excluding carboxylic acids is 1. The number of rotatable bonds is 7. The molecule has 0 atom stereocenters. The molecule has 4 nitrogen and oxygen atoms in total. The first-order valence-corrected chi connectivity index (χ1v) is 11.6. The van der Waals surface area contributed by atoms with Crippen LogP contribution in [0.1, 0.15) is 16.7 Å². The molecule has 0 aliphatic rings. The number of amides is 1. The summed E-state index contributed by atoms with van der Waals surface area (Å²) in [6, 6.07) is 27.7. The van der Waals surface area contributed by atoms with Crippen molar-refractivity contribution in [3.05, 3.63) is 111 Å². The van der Waals surface area contributed by atoms with Crippen LogP contribution in [0.2, 0.25) is 0 Å². The van der Waals surface area contributed by atoms with Crippen molar-refractivity contribution in [2.75, 3.05) is 0 Å². The average molecular weight is 552 g/mol. The second kappa shape index (κ2) is 10.6. The van der Waals surface area contributed by atoms with Crippen LogP contribution >= 0.6 is 31.9 Å². The lowest BCUT2D eigenvalue weighted by atomic mass is 10.0. The van der Waals surface area contributed by atoms with Crippen LogP contribution in [0.4, 0.5) is 0 Å². The van der Waals surface area contributed by atoms with E-state index in [0.717, 1.165) is 42.2 Å². The van der Waals surface area contributed by atoms with Crippen LogP contribution in [0.3, 0.4) is 0 Å². The third-order valence-electron chi connectivity index (χ3n) is 4.90. The van der Waals surface area contributed by atoms with Gasteiger partial charge in [-0.05, 0) is 73.7 Å². The number of benzene rings is 4. The molecule has 0 unspecified atom stereocenters. The van der Waals surface area contributed by atoms with Gasteiger partial charge in [0, 0.05) is 4.47 Å². The monoisotopic (exact) mass is 550 g/mol. The van der Waals surface area contributed by atoms with Gasteiger partial charge in [-0.15, -0.1) is 0 Å². The van der Waals surface area contributed by atoms with Crippen LogP contribution in [-0.2, 0) is 17.8 Å². The van der Waals surface area contributed by atoms with Gasteiger partial charge in [0.05, 0.1) is 17.1 Å². The minimum atomic E-state index is -0.161. The van der Waals surface area contributed by atoms with Gasteiger partial charge in [-0.1, -0.05) is 70.5 Å². The zero-order chi connectivity index (χ0) is 22.3. The highest BCUT2D eigenvalue weighted by molar-refractivity contribution is 9.10. The minimum Gasteiger partial charge on any atom is -0.488 e. The Bertz CT molecular complexity index is 1270. The van der Waals surface area contributed by atoms with Gasteiger partial charge in [0.1, 0.15) is 12.4 Å². The van der Waals surface area contributed by atoms with E-state index in [1.807, 2.05) is 84.9 Å². The third-order valence-corrected chi connectivity index (χ3v) is 6.05. The van der Waals surface area contributed by atoms with E-state index in [-0.39, 0.29) is 12.3 Å². The molecule has 0 radical (unpaired) electrons. The Labute approximate surface area is 203 Å². The fourth-order valence-electron chi connectivity index (χ4n) is 3.29. The molecule has 32 heavy (non-hydrogen) atoms. The summed E-state index contributed by atoms with van der Waals surface area (Å²) in [6.07, 6.45) is 1.88. The summed E-state index contributed by atoms with van der Waals surface area (Å²) in [5.74, 6) is 0.580. The Morgan fingerprint density at radius 1 is 0.938 bits per heavy atom. The van der Waals surface area contributed by atoms with E-state index in [1.54, 1.807) is 6.21 Å². The van der Waals surface area contributed by atoms with E-state index in [0.29, 0.717) is 6.61 Å². The van der Waals surface area contributed by atoms with Crippen molar-refractivity contribution in [2.24, 2.45) is 5.10 Å². The van der Waals surface area contributed by atoms with Crippen molar-refractivity contribution in [1.82, 2.24) is 5.43 Å². The number of ether oxygens (including phenoxy) is 1. The van der Waals surface area contributed by atoms with Crippen molar-refractivity contribution in [3.8, 4) is 5.75 Å². The fourth-order valence-corrected chi connectivity index (χ4v) is 4.07. The Morgan fingerprint density at radius 3 is 2.53 bits per heavy atom. The number of halogens is 2. The zero-order valence-electron chi connectivity index (χ0n) is 17.1. The predicted octanol–water partition coefficient (Wildman–Crippen LogP) is 6.64. The van der Waals surface area contributed by atoms with Crippen LogP contribution in [-0.4, -0.2) is 12.1 Å². The van der Waals surface area contributed by atoms with Gasteiger partial charge in [0.15, 0.2) is 0 Å². The fraction of sp³-hybridized carbons (Fsp3) is 0.0769. The van der Waals surface area contributed by atoms with Crippen molar-refractivity contribution in [3.63, 3.8) is 0 Å². The maximum atomic E-state index is 12.4. The second-order valence-electron chi connectivity index (χ2n) is 7.21. The molecule has 0 aromatic heterocycles. The largest absolute Gasteiger partial charge is 0.488 e. The number of fused-ring (bicyclic) bond motifs is 1. The first-order chi connectivity index (χ1) is 15.6. The SMILES string of the molecule is O=C(Cc1cccc2ccccc12)NN=Cc1ccc(OCc2ccc(Br)cc2)c(Br)c1. The summed E-state index contributed by atoms with van der Waals surface area (Å²) in [4.78, 5) is 12.4. The lowest BCUT2D eigenvalue weighted by Crippen LogP contribution is -2.19. The predicted molar refractivity (Wildman–Crippen MR) is 136 cm³/mol. The lowest BCUT2D eigenvalue weighted by Gasteiger charge is -2.09. The Balaban J connectivity index is 1.33. The third kappa shape index (κ3) is 5.84. The van der Waals surface area contributed by atoms with Gasteiger partial charge in [0.25, 0.3) is 0 Å². The van der Waals surface area contributed by atoms with E-state index >= 15 is 0 Å². The standard InChI is InChI=1S/C26H20Br2N2O2/c27-22-11-8-18(9-12-22)17-32-25-13-10-19(14-24(25)28)16-29-30-26(31)15-21-6-3-5-20-4-1-2-7-23(20)21/h1-14,16H,15,17H2,(H,30,31). The molecule has 0 saturated heterocycles. The van der Waals surface area contributed by atoms with Crippen molar-refractivity contribution < 1.29 is 9.53 Å². The van der Waals surface area contributed by atoms with Crippen molar-refractivity contribution >= 4 is 54.8 Å². The molecule has 0 aliphatic heterocycles. The van der Waals surface area contributed by atoms with E-state index in [2.05, 4.69) is 42.4 Å². The molecule has 6 heteroatoms. The molecule has 0 fully saturated rings. The van der Waals surface area contributed by atoms with Crippen LogP contribution in [0.25, 0.3) is 10.8 Å². The molecule has 4 rings (SSSR count). The summed E-state index contributed by atoms with van der Waals surface area (Å²) in [7, 11) is 0. The summed E-state index contributed by atoms with van der Waals surface area (Å²) < 4.78 is 7.74. The Kier molecular flexibility index (Phi) is 7.35. The molecular weight excluding hydrogens is 532 g/mol. The van der Waals surface area contributed by atoms with E-state index in [1.165, 1.54) is 0 Å². The number of nitrogens with zero attached hydrogens (tertiary/aromatic N) is 1. The van der Waals surface area contributed by atoms with Crippen molar-refractivity contribution in [1.29, 1.82) is 0 Å². The average Bonchev–Trinajstić information content (AvgIpc) is 2.80. The van der Waals surface area contributed by atoms with Gasteiger partial charge in [-0.2, -0.15) is 5.10 Å². The number of hydrogen-bond donors (Lipinski definition) is 1. The number of hydrogen-bond acceptors (Lipinski definition) is 3. The van der Waals surface area contributed by atoms with Gasteiger partial charge in [-0.25, -0.2) is 5.43 Å². The lowest BCUT2D eigenvalue weighted by molar-refractivity contribution is -0.120. The number of nitrogens with one attached hydrogen (secondary N) is 1. The van der Waals surface area contributed by atoms with Gasteiger partial charge >= 0.3 is 0 Å². The topological polar surface area (TPSA) is 50.7 Å². The van der Waals surface area contributed by atoms with Gasteiger partial charge in [-0.3, -0.25) is 4.79 Å². The number of hydrazone groups is 1. The molecule has 0 spiro atoms. The number of carbonyl (C=O) groups is 1. The quantitative estimate of drug-likeness (QED) is 0.207. The molecule has 0 aliphatic carbocycles. The molecule has 1 amide bonds.